The molecule has 1 aromatic heterocycles. The van der Waals surface area contributed by atoms with Crippen LogP contribution in [0.4, 0.5) is 10.2 Å². The number of nitrogens with two attached hydrogens (primary N) is 1. The molecule has 15 heavy (non-hydrogen) atoms. The number of hydrogen-bond acceptors (Lipinski definition) is 2. The summed E-state index contributed by atoms with van der Waals surface area (Å²) in [5.74, 6) is -0.265. The van der Waals surface area contributed by atoms with Crippen LogP contribution in [0.5, 0.6) is 0 Å². The second-order valence-electron chi connectivity index (χ2n) is 2.95. The van der Waals surface area contributed by atoms with Crippen molar-refractivity contribution in [3.63, 3.8) is 0 Å². The molecule has 0 spiro atoms. The largest absolute Gasteiger partial charge is 0.384 e. The summed E-state index contributed by atoms with van der Waals surface area (Å²) >= 11 is 11.5. The molecule has 0 bridgehead atoms. The quantitative estimate of drug-likeness (QED) is 0.759. The highest BCUT2D eigenvalue weighted by molar-refractivity contribution is 6.35. The Morgan fingerprint density at radius 1 is 1.27 bits per heavy atom. The maximum absolute atomic E-state index is 13.3. The third kappa shape index (κ3) is 1.78. The molecule has 0 atom stereocenters. The van der Waals surface area contributed by atoms with Crippen LogP contribution in [-0.4, -0.2) is 10.2 Å². The molecule has 0 amide bonds. The minimum atomic E-state index is -0.584. The second-order valence-corrected chi connectivity index (χ2v) is 3.76. The van der Waals surface area contributed by atoms with E-state index >= 15 is 0 Å². The first-order chi connectivity index (χ1) is 7.09. The zero-order valence-corrected chi connectivity index (χ0v) is 8.90. The normalized spacial score (nSPS) is 10.6. The molecular weight excluding hydrogens is 240 g/mol. The molecule has 78 valence electrons. The van der Waals surface area contributed by atoms with Crippen LogP contribution in [0.25, 0.3) is 11.1 Å². The summed E-state index contributed by atoms with van der Waals surface area (Å²) in [6.45, 7) is 0. The van der Waals surface area contributed by atoms with Crippen LogP contribution < -0.4 is 5.73 Å². The van der Waals surface area contributed by atoms with Gasteiger partial charge in [0.2, 0.25) is 0 Å². The lowest BCUT2D eigenvalue weighted by atomic mass is 10.1. The number of benzene rings is 1. The third-order valence-corrected chi connectivity index (χ3v) is 2.55. The number of nitrogen functional groups attached to an aromatic ring is 1. The first kappa shape index (κ1) is 10.3. The van der Waals surface area contributed by atoms with Gasteiger partial charge in [0.05, 0.1) is 11.2 Å². The summed E-state index contributed by atoms with van der Waals surface area (Å²) in [7, 11) is 0. The van der Waals surface area contributed by atoms with Crippen molar-refractivity contribution >= 4 is 29.0 Å². The number of nitrogens with one attached hydrogen (secondary N) is 1. The van der Waals surface area contributed by atoms with Crippen LogP contribution in [-0.2, 0) is 0 Å². The summed E-state index contributed by atoms with van der Waals surface area (Å²) in [6.07, 6.45) is 1.46. The Morgan fingerprint density at radius 2 is 2.00 bits per heavy atom. The number of anilines is 1. The molecule has 0 saturated heterocycles. The lowest BCUT2D eigenvalue weighted by molar-refractivity contribution is 0.629. The van der Waals surface area contributed by atoms with Crippen molar-refractivity contribution in [2.24, 2.45) is 0 Å². The molecule has 3 nitrogen and oxygen atoms in total. The highest BCUT2D eigenvalue weighted by atomic mass is 35.5. The predicted octanol–water partition coefficient (Wildman–Crippen LogP) is 3.10. The van der Waals surface area contributed by atoms with Gasteiger partial charge >= 0.3 is 0 Å². The maximum Gasteiger partial charge on any atom is 0.143 e. The summed E-state index contributed by atoms with van der Waals surface area (Å²) in [5.41, 5.74) is 6.55. The number of H-pyrrole nitrogens is 1. The molecule has 0 radical (unpaired) electrons. The molecule has 1 aromatic carbocycles. The Morgan fingerprint density at radius 3 is 2.60 bits per heavy atom. The summed E-state index contributed by atoms with van der Waals surface area (Å²) in [6, 6.07) is 2.68. The Labute approximate surface area is 95.0 Å². The SMILES string of the molecule is Nc1[nH]ncc1-c1cc(Cl)cc(F)c1Cl. The maximum atomic E-state index is 13.3. The van der Waals surface area contributed by atoms with Gasteiger partial charge in [0.25, 0.3) is 0 Å². The molecular formula is C9H6Cl2FN3. The van der Waals surface area contributed by atoms with E-state index in [1.165, 1.54) is 12.3 Å². The Kier molecular flexibility index (Phi) is 2.54. The van der Waals surface area contributed by atoms with E-state index in [0.29, 0.717) is 16.9 Å². The van der Waals surface area contributed by atoms with Crippen LogP contribution in [0.3, 0.4) is 0 Å². The average molecular weight is 246 g/mol. The zero-order chi connectivity index (χ0) is 11.0. The van der Waals surface area contributed by atoms with E-state index < -0.39 is 5.82 Å². The van der Waals surface area contributed by atoms with E-state index in [1.807, 2.05) is 0 Å². The van der Waals surface area contributed by atoms with Gasteiger partial charge in [0.15, 0.2) is 0 Å². The van der Waals surface area contributed by atoms with Gasteiger partial charge in [-0.05, 0) is 12.1 Å². The molecule has 0 unspecified atom stereocenters. The second kappa shape index (κ2) is 3.72. The van der Waals surface area contributed by atoms with Crippen LogP contribution in [0.2, 0.25) is 10.0 Å². The van der Waals surface area contributed by atoms with E-state index in [-0.39, 0.29) is 10.0 Å². The van der Waals surface area contributed by atoms with Crippen LogP contribution in [0.1, 0.15) is 0 Å². The third-order valence-electron chi connectivity index (χ3n) is 1.95. The van der Waals surface area contributed by atoms with Gasteiger partial charge in [0.1, 0.15) is 11.6 Å². The highest BCUT2D eigenvalue weighted by Crippen LogP contribution is 2.34. The average Bonchev–Trinajstić information content (AvgIpc) is 2.58. The monoisotopic (exact) mass is 245 g/mol. The smallest absolute Gasteiger partial charge is 0.143 e. The van der Waals surface area contributed by atoms with Crippen molar-refractivity contribution in [3.8, 4) is 11.1 Å². The van der Waals surface area contributed by atoms with Crippen molar-refractivity contribution < 1.29 is 4.39 Å². The molecule has 0 fully saturated rings. The van der Waals surface area contributed by atoms with Crippen LogP contribution >= 0.6 is 23.2 Å². The zero-order valence-electron chi connectivity index (χ0n) is 7.39. The number of rotatable bonds is 1. The van der Waals surface area contributed by atoms with Crippen molar-refractivity contribution in [1.82, 2.24) is 10.2 Å². The van der Waals surface area contributed by atoms with Gasteiger partial charge < -0.3 is 5.73 Å². The molecule has 6 heteroatoms. The molecule has 0 aliphatic rings. The number of aromatic nitrogens is 2. The number of nitrogens with zero attached hydrogens (tertiary/aromatic N) is 1. The lowest BCUT2D eigenvalue weighted by Crippen LogP contribution is -1.90. The molecule has 2 rings (SSSR count). The molecule has 0 saturated carbocycles. The van der Waals surface area contributed by atoms with Gasteiger partial charge in [-0.25, -0.2) is 4.39 Å². The predicted molar refractivity (Wildman–Crippen MR) is 58.4 cm³/mol. The fraction of sp³-hybridized carbons (Fsp3) is 0. The van der Waals surface area contributed by atoms with Crippen molar-refractivity contribution in [2.45, 2.75) is 0 Å². The van der Waals surface area contributed by atoms with Gasteiger partial charge in [-0.3, -0.25) is 5.10 Å². The van der Waals surface area contributed by atoms with E-state index in [2.05, 4.69) is 10.2 Å². The number of aromatic amines is 1. The van der Waals surface area contributed by atoms with Crippen molar-refractivity contribution in [3.05, 3.63) is 34.2 Å². The van der Waals surface area contributed by atoms with E-state index in [1.54, 1.807) is 0 Å². The molecule has 3 N–H and O–H groups in total. The van der Waals surface area contributed by atoms with Crippen LogP contribution in [0.15, 0.2) is 18.3 Å². The summed E-state index contributed by atoms with van der Waals surface area (Å²) in [4.78, 5) is 0. The molecule has 2 aromatic rings. The first-order valence-corrected chi connectivity index (χ1v) is 4.79. The number of hydrogen-bond donors (Lipinski definition) is 2. The first-order valence-electron chi connectivity index (χ1n) is 4.03. The molecule has 0 aliphatic carbocycles. The minimum Gasteiger partial charge on any atom is -0.384 e. The molecule has 1 heterocycles. The van der Waals surface area contributed by atoms with E-state index in [9.17, 15) is 4.39 Å². The Balaban J connectivity index is 2.68. The fourth-order valence-corrected chi connectivity index (χ4v) is 1.68. The van der Waals surface area contributed by atoms with Gasteiger partial charge in [-0.15, -0.1) is 0 Å². The topological polar surface area (TPSA) is 54.7 Å². The highest BCUT2D eigenvalue weighted by Gasteiger charge is 2.13. The van der Waals surface area contributed by atoms with Gasteiger partial charge in [-0.2, -0.15) is 5.10 Å². The summed E-state index contributed by atoms with van der Waals surface area (Å²) < 4.78 is 13.3. The Bertz CT molecular complexity index is 510. The Hall–Kier alpha value is -1.26. The van der Waals surface area contributed by atoms with Crippen LogP contribution in [0, 0.1) is 5.82 Å². The van der Waals surface area contributed by atoms with Gasteiger partial charge in [0, 0.05) is 16.1 Å². The lowest BCUT2D eigenvalue weighted by Gasteiger charge is -2.04. The van der Waals surface area contributed by atoms with Gasteiger partial charge in [-0.1, -0.05) is 23.2 Å². The fourth-order valence-electron chi connectivity index (χ4n) is 1.26. The van der Waals surface area contributed by atoms with Crippen molar-refractivity contribution in [2.75, 3.05) is 5.73 Å². The van der Waals surface area contributed by atoms with Crippen molar-refractivity contribution in [1.29, 1.82) is 0 Å². The number of halogens is 3. The standard InChI is InChI=1S/C9H6Cl2FN3/c10-4-1-5(8(11)7(12)2-4)6-3-14-15-9(6)13/h1-3H,(H3,13,14,15). The van der Waals surface area contributed by atoms with E-state index in [4.69, 9.17) is 28.9 Å². The summed E-state index contributed by atoms with van der Waals surface area (Å²) in [5, 5.41) is 6.50. The minimum absolute atomic E-state index is 0.0208. The van der Waals surface area contributed by atoms with E-state index in [0.717, 1.165) is 6.07 Å². The molecule has 0 aliphatic heterocycles.